The average Bonchev–Trinajstić information content (AvgIpc) is 2.79. The third-order valence-corrected chi connectivity index (χ3v) is 3.62. The molecule has 2 rings (SSSR count). The van der Waals surface area contributed by atoms with Gasteiger partial charge in [0.1, 0.15) is 0 Å². The Morgan fingerprint density at radius 2 is 1.94 bits per heavy atom. The Balaban J connectivity index is 2.22. The maximum atomic E-state index is 11.4. The van der Waals surface area contributed by atoms with Crippen LogP contribution in [0.25, 0.3) is 0 Å². The minimum atomic E-state index is -0.292. The molecule has 16 heavy (non-hydrogen) atoms. The van der Waals surface area contributed by atoms with Crippen LogP contribution in [0.2, 0.25) is 0 Å². The van der Waals surface area contributed by atoms with Gasteiger partial charge in [0.25, 0.3) is 0 Å². The fourth-order valence-corrected chi connectivity index (χ4v) is 2.60. The van der Waals surface area contributed by atoms with Gasteiger partial charge >= 0.3 is 0 Å². The maximum absolute atomic E-state index is 11.4. The van der Waals surface area contributed by atoms with Gasteiger partial charge < -0.3 is 0 Å². The molecule has 0 aliphatic carbocycles. The summed E-state index contributed by atoms with van der Waals surface area (Å²) >= 11 is 7.31. The SMILES string of the molecule is O=C(Cl)C(Cc1cccs1)c1ccccc1. The van der Waals surface area contributed by atoms with Crippen molar-refractivity contribution in [2.45, 2.75) is 12.3 Å². The van der Waals surface area contributed by atoms with Crippen molar-refractivity contribution < 1.29 is 4.79 Å². The number of hydrogen-bond donors (Lipinski definition) is 0. The first kappa shape index (κ1) is 11.4. The second-order valence-electron chi connectivity index (χ2n) is 3.55. The summed E-state index contributed by atoms with van der Waals surface area (Å²) in [6.07, 6.45) is 0.685. The Bertz CT molecular complexity index is 450. The maximum Gasteiger partial charge on any atom is 0.229 e. The number of carbonyl (C=O) groups is 1. The Morgan fingerprint density at radius 3 is 2.50 bits per heavy atom. The van der Waals surface area contributed by atoms with Crippen LogP contribution >= 0.6 is 22.9 Å². The average molecular weight is 251 g/mol. The second kappa shape index (κ2) is 5.28. The van der Waals surface area contributed by atoms with Crippen molar-refractivity contribution in [3.63, 3.8) is 0 Å². The van der Waals surface area contributed by atoms with Gasteiger partial charge in [0.05, 0.1) is 5.92 Å². The van der Waals surface area contributed by atoms with Crippen LogP contribution in [0, 0.1) is 0 Å². The van der Waals surface area contributed by atoms with E-state index in [9.17, 15) is 4.79 Å². The summed E-state index contributed by atoms with van der Waals surface area (Å²) in [5.74, 6) is -0.235. The van der Waals surface area contributed by atoms with Gasteiger partial charge in [0.2, 0.25) is 5.24 Å². The summed E-state index contributed by atoms with van der Waals surface area (Å²) in [6, 6.07) is 13.7. The normalized spacial score (nSPS) is 12.3. The van der Waals surface area contributed by atoms with Crippen LogP contribution in [0.5, 0.6) is 0 Å². The molecule has 0 saturated carbocycles. The molecule has 0 aliphatic heterocycles. The third-order valence-electron chi connectivity index (χ3n) is 2.46. The quantitative estimate of drug-likeness (QED) is 0.754. The number of benzene rings is 1. The fraction of sp³-hybridized carbons (Fsp3) is 0.154. The zero-order chi connectivity index (χ0) is 11.4. The number of halogens is 1. The van der Waals surface area contributed by atoms with Crippen LogP contribution in [0.15, 0.2) is 47.8 Å². The molecule has 0 radical (unpaired) electrons. The van der Waals surface area contributed by atoms with E-state index in [1.54, 1.807) is 11.3 Å². The van der Waals surface area contributed by atoms with Crippen molar-refractivity contribution in [2.24, 2.45) is 0 Å². The van der Waals surface area contributed by atoms with Crippen molar-refractivity contribution in [3.8, 4) is 0 Å². The summed E-state index contributed by atoms with van der Waals surface area (Å²) < 4.78 is 0. The van der Waals surface area contributed by atoms with Gasteiger partial charge in [-0.15, -0.1) is 11.3 Å². The summed E-state index contributed by atoms with van der Waals surface area (Å²) in [6.45, 7) is 0. The van der Waals surface area contributed by atoms with Gasteiger partial charge in [-0.1, -0.05) is 36.4 Å². The topological polar surface area (TPSA) is 17.1 Å². The van der Waals surface area contributed by atoms with Gasteiger partial charge in [-0.2, -0.15) is 0 Å². The minimum absolute atomic E-state index is 0.235. The lowest BCUT2D eigenvalue weighted by atomic mass is 9.96. The Morgan fingerprint density at radius 1 is 1.19 bits per heavy atom. The van der Waals surface area contributed by atoms with Gasteiger partial charge in [-0.3, -0.25) is 4.79 Å². The van der Waals surface area contributed by atoms with E-state index in [0.717, 1.165) is 5.56 Å². The lowest BCUT2D eigenvalue weighted by molar-refractivity contribution is -0.113. The molecule has 3 heteroatoms. The third kappa shape index (κ3) is 2.71. The molecule has 0 aliphatic rings. The molecule has 1 aromatic heterocycles. The Labute approximate surface area is 104 Å². The van der Waals surface area contributed by atoms with Crippen molar-refractivity contribution in [1.29, 1.82) is 0 Å². The molecule has 0 bridgehead atoms. The number of rotatable bonds is 4. The summed E-state index contributed by atoms with van der Waals surface area (Å²) in [7, 11) is 0. The molecule has 1 nitrogen and oxygen atoms in total. The molecule has 82 valence electrons. The first-order valence-corrected chi connectivity index (χ1v) is 6.30. The van der Waals surface area contributed by atoms with Gasteiger partial charge in [-0.05, 0) is 35.0 Å². The fourth-order valence-electron chi connectivity index (χ4n) is 1.64. The van der Waals surface area contributed by atoms with E-state index in [1.807, 2.05) is 47.8 Å². The first-order chi connectivity index (χ1) is 7.77. The number of thiophene rings is 1. The molecule has 1 aromatic carbocycles. The standard InChI is InChI=1S/C13H11ClOS/c14-13(15)12(9-11-7-4-8-16-11)10-5-2-1-3-6-10/h1-8,12H,9H2. The highest BCUT2D eigenvalue weighted by Crippen LogP contribution is 2.25. The van der Waals surface area contributed by atoms with E-state index in [0.29, 0.717) is 6.42 Å². The predicted molar refractivity (Wildman–Crippen MR) is 68.1 cm³/mol. The van der Waals surface area contributed by atoms with Crippen LogP contribution in [0.4, 0.5) is 0 Å². The van der Waals surface area contributed by atoms with E-state index >= 15 is 0 Å². The molecule has 0 spiro atoms. The zero-order valence-electron chi connectivity index (χ0n) is 8.60. The van der Waals surface area contributed by atoms with Crippen molar-refractivity contribution >= 4 is 28.2 Å². The van der Waals surface area contributed by atoms with Crippen molar-refractivity contribution in [3.05, 3.63) is 58.3 Å². The molecular weight excluding hydrogens is 240 g/mol. The largest absolute Gasteiger partial charge is 0.281 e. The lowest BCUT2D eigenvalue weighted by Crippen LogP contribution is -2.09. The van der Waals surface area contributed by atoms with E-state index in [4.69, 9.17) is 11.6 Å². The van der Waals surface area contributed by atoms with Gasteiger partial charge in [-0.25, -0.2) is 0 Å². The molecule has 0 amide bonds. The summed E-state index contributed by atoms with van der Waals surface area (Å²) in [5.41, 5.74) is 0.982. The minimum Gasteiger partial charge on any atom is -0.281 e. The molecule has 0 saturated heterocycles. The van der Waals surface area contributed by atoms with Crippen LogP contribution in [-0.4, -0.2) is 5.24 Å². The Kier molecular flexibility index (Phi) is 3.75. The van der Waals surface area contributed by atoms with Crippen molar-refractivity contribution in [1.82, 2.24) is 0 Å². The highest BCUT2D eigenvalue weighted by Gasteiger charge is 2.19. The molecular formula is C13H11ClOS. The van der Waals surface area contributed by atoms with Crippen molar-refractivity contribution in [2.75, 3.05) is 0 Å². The molecule has 1 atom stereocenters. The van der Waals surface area contributed by atoms with E-state index in [-0.39, 0.29) is 11.2 Å². The monoisotopic (exact) mass is 250 g/mol. The highest BCUT2D eigenvalue weighted by molar-refractivity contribution is 7.09. The predicted octanol–water partition coefficient (Wildman–Crippen LogP) is 3.84. The molecule has 1 heterocycles. The first-order valence-electron chi connectivity index (χ1n) is 5.04. The molecule has 1 unspecified atom stereocenters. The highest BCUT2D eigenvalue weighted by atomic mass is 35.5. The van der Waals surface area contributed by atoms with E-state index in [1.165, 1.54) is 4.88 Å². The molecule has 2 aromatic rings. The van der Waals surface area contributed by atoms with Crippen LogP contribution in [-0.2, 0) is 11.2 Å². The second-order valence-corrected chi connectivity index (χ2v) is 4.96. The zero-order valence-corrected chi connectivity index (χ0v) is 10.2. The summed E-state index contributed by atoms with van der Waals surface area (Å²) in [5, 5.41) is 1.72. The lowest BCUT2D eigenvalue weighted by Gasteiger charge is -2.11. The van der Waals surface area contributed by atoms with E-state index in [2.05, 4.69) is 0 Å². The molecule has 0 N–H and O–H groups in total. The number of carbonyl (C=O) groups excluding carboxylic acids is 1. The van der Waals surface area contributed by atoms with Gasteiger partial charge in [0, 0.05) is 4.88 Å². The van der Waals surface area contributed by atoms with Gasteiger partial charge in [0.15, 0.2) is 0 Å². The van der Waals surface area contributed by atoms with Crippen LogP contribution in [0.3, 0.4) is 0 Å². The Hall–Kier alpha value is -1.12. The summed E-state index contributed by atoms with van der Waals surface area (Å²) in [4.78, 5) is 12.6. The van der Waals surface area contributed by atoms with E-state index < -0.39 is 0 Å². The van der Waals surface area contributed by atoms with Crippen LogP contribution in [0.1, 0.15) is 16.4 Å². The number of hydrogen-bond acceptors (Lipinski definition) is 2. The molecule has 0 fully saturated rings. The smallest absolute Gasteiger partial charge is 0.229 e. The van der Waals surface area contributed by atoms with Crippen LogP contribution < -0.4 is 0 Å².